The summed E-state index contributed by atoms with van der Waals surface area (Å²) in [7, 11) is 0. The van der Waals surface area contributed by atoms with Gasteiger partial charge in [0.15, 0.2) is 5.65 Å². The quantitative estimate of drug-likeness (QED) is 0.391. The first kappa shape index (κ1) is 23.2. The van der Waals surface area contributed by atoms with Crippen molar-refractivity contribution in [2.24, 2.45) is 4.40 Å². The molecular formula is C21H28N4O5S. The van der Waals surface area contributed by atoms with E-state index < -0.39 is 22.1 Å². The van der Waals surface area contributed by atoms with E-state index in [-0.39, 0.29) is 17.7 Å². The summed E-state index contributed by atoms with van der Waals surface area (Å²) < 4.78 is 28.2. The lowest BCUT2D eigenvalue weighted by Gasteiger charge is -2.28. The average molecular weight is 449 g/mol. The first-order valence-corrected chi connectivity index (χ1v) is 11.3. The number of aromatic nitrogens is 2. The molecular weight excluding hydrogens is 420 g/mol. The van der Waals surface area contributed by atoms with Crippen molar-refractivity contribution in [3.8, 4) is 0 Å². The summed E-state index contributed by atoms with van der Waals surface area (Å²) in [4.78, 5) is 32.0. The lowest BCUT2D eigenvalue weighted by Crippen LogP contribution is -2.37. The van der Waals surface area contributed by atoms with Crippen LogP contribution in [0.25, 0.3) is 5.65 Å². The topological polar surface area (TPSA) is 109 Å². The molecule has 0 amide bonds. The highest BCUT2D eigenvalue weighted by molar-refractivity contribution is 7.91. The molecule has 1 aliphatic heterocycles. The van der Waals surface area contributed by atoms with Gasteiger partial charge in [0.2, 0.25) is 0 Å². The zero-order chi connectivity index (χ0) is 22.8. The van der Waals surface area contributed by atoms with Crippen molar-refractivity contribution in [1.82, 2.24) is 9.38 Å². The van der Waals surface area contributed by atoms with Gasteiger partial charge in [-0.15, -0.1) is 0 Å². The summed E-state index contributed by atoms with van der Waals surface area (Å²) in [6, 6.07) is 3.03. The van der Waals surface area contributed by atoms with Crippen molar-refractivity contribution in [3.63, 3.8) is 0 Å². The zero-order valence-corrected chi connectivity index (χ0v) is 19.3. The fourth-order valence-corrected chi connectivity index (χ4v) is 3.67. The number of ether oxygens (including phenoxy) is 2. The monoisotopic (exact) mass is 448 g/mol. The van der Waals surface area contributed by atoms with Crippen molar-refractivity contribution in [2.75, 3.05) is 37.8 Å². The van der Waals surface area contributed by atoms with Crippen LogP contribution in [0.4, 0.5) is 5.82 Å². The molecule has 3 heterocycles. The maximum absolute atomic E-state index is 12.9. The molecule has 1 atom stereocenters. The maximum Gasteiger partial charge on any atom is 0.339 e. The van der Waals surface area contributed by atoms with Crippen LogP contribution < -0.4 is 10.5 Å². The van der Waals surface area contributed by atoms with E-state index in [9.17, 15) is 14.1 Å². The van der Waals surface area contributed by atoms with Gasteiger partial charge in [-0.3, -0.25) is 9.20 Å². The minimum Gasteiger partial charge on any atom is -0.591 e. The number of anilines is 1. The minimum absolute atomic E-state index is 0.198. The second-order valence-corrected chi connectivity index (χ2v) is 10.1. The molecule has 1 saturated heterocycles. The van der Waals surface area contributed by atoms with Crippen molar-refractivity contribution in [2.45, 2.75) is 39.4 Å². The van der Waals surface area contributed by atoms with Crippen molar-refractivity contribution < 1.29 is 18.8 Å². The molecule has 168 valence electrons. The highest BCUT2D eigenvalue weighted by Gasteiger charge is 2.28. The third-order valence-electron chi connectivity index (χ3n) is 4.73. The Kier molecular flexibility index (Phi) is 7.03. The lowest BCUT2D eigenvalue weighted by atomic mass is 10.1. The van der Waals surface area contributed by atoms with Crippen LogP contribution in [0.2, 0.25) is 0 Å². The number of nitrogens with zero attached hydrogens (tertiary/aromatic N) is 4. The van der Waals surface area contributed by atoms with Gasteiger partial charge in [0.1, 0.15) is 21.9 Å². The van der Waals surface area contributed by atoms with Crippen LogP contribution in [-0.4, -0.2) is 63.3 Å². The van der Waals surface area contributed by atoms with Crippen molar-refractivity contribution >= 4 is 34.5 Å². The van der Waals surface area contributed by atoms with E-state index >= 15 is 0 Å². The normalized spacial score (nSPS) is 16.5. The van der Waals surface area contributed by atoms with Crippen LogP contribution in [0.3, 0.4) is 0 Å². The largest absolute Gasteiger partial charge is 0.591 e. The van der Waals surface area contributed by atoms with E-state index in [1.54, 1.807) is 19.9 Å². The number of pyridine rings is 1. The summed E-state index contributed by atoms with van der Waals surface area (Å²) in [6.07, 6.45) is 1.42. The van der Waals surface area contributed by atoms with Crippen LogP contribution in [0, 0.1) is 0 Å². The number of hydrogen-bond donors (Lipinski definition) is 0. The zero-order valence-electron chi connectivity index (χ0n) is 18.5. The fraction of sp³-hybridized carbons (Fsp3) is 0.524. The van der Waals surface area contributed by atoms with Crippen molar-refractivity contribution in [1.29, 1.82) is 0 Å². The Hall–Kier alpha value is -2.43. The third-order valence-corrected chi connectivity index (χ3v) is 6.21. The van der Waals surface area contributed by atoms with Crippen molar-refractivity contribution in [3.05, 3.63) is 39.8 Å². The Morgan fingerprint density at radius 3 is 2.61 bits per heavy atom. The number of hydrogen-bond acceptors (Lipinski definition) is 8. The summed E-state index contributed by atoms with van der Waals surface area (Å²) in [5.41, 5.74) is 1.08. The molecule has 0 radical (unpaired) electrons. The number of fused-ring (bicyclic) bond motifs is 1. The molecule has 2 aromatic heterocycles. The number of carbonyl (C=O) groups excluding carboxylic acids is 1. The molecule has 9 nitrogen and oxygen atoms in total. The van der Waals surface area contributed by atoms with Crippen LogP contribution in [0.5, 0.6) is 0 Å². The van der Waals surface area contributed by atoms with Crippen LogP contribution in [0.15, 0.2) is 27.5 Å². The molecule has 3 rings (SSSR count). The van der Waals surface area contributed by atoms with Crippen LogP contribution in [0.1, 0.15) is 50.5 Å². The first-order valence-electron chi connectivity index (χ1n) is 10.2. The summed E-state index contributed by atoms with van der Waals surface area (Å²) in [5.74, 6) is -0.0253. The molecule has 10 heteroatoms. The smallest absolute Gasteiger partial charge is 0.339 e. The molecule has 0 aliphatic carbocycles. The SMILES string of the molecule is CCOC(=O)c1cc(C(C)=N[S+]([O-])C(C)(C)C)c2nc(N3CCOCC3)cc(=O)n2c1. The van der Waals surface area contributed by atoms with Crippen LogP contribution >= 0.6 is 0 Å². The molecule has 0 aromatic carbocycles. The van der Waals surface area contributed by atoms with E-state index in [1.165, 1.54) is 16.7 Å². The van der Waals surface area contributed by atoms with Gasteiger partial charge in [0.05, 0.1) is 31.1 Å². The number of rotatable bonds is 5. The maximum atomic E-state index is 12.9. The van der Waals surface area contributed by atoms with Gasteiger partial charge in [0, 0.05) is 30.9 Å². The molecule has 0 N–H and O–H groups in total. The number of carbonyl (C=O) groups is 1. The molecule has 1 unspecified atom stereocenters. The van der Waals surface area contributed by atoms with E-state index in [1.807, 2.05) is 25.7 Å². The molecule has 1 aliphatic rings. The Balaban J connectivity index is 2.21. The van der Waals surface area contributed by atoms with Gasteiger partial charge in [-0.1, -0.05) is 4.40 Å². The highest BCUT2D eigenvalue weighted by atomic mass is 32.2. The van der Waals surface area contributed by atoms with E-state index in [2.05, 4.69) is 4.40 Å². The van der Waals surface area contributed by atoms with E-state index in [0.29, 0.717) is 49.0 Å². The molecule has 2 aromatic rings. The molecule has 31 heavy (non-hydrogen) atoms. The van der Waals surface area contributed by atoms with Crippen LogP contribution in [-0.2, 0) is 20.8 Å². The predicted molar refractivity (Wildman–Crippen MR) is 121 cm³/mol. The van der Waals surface area contributed by atoms with Gasteiger partial charge < -0.3 is 18.9 Å². The van der Waals surface area contributed by atoms with Gasteiger partial charge in [-0.05, 0) is 40.7 Å². The lowest BCUT2D eigenvalue weighted by molar-refractivity contribution is 0.0525. The predicted octanol–water partition coefficient (Wildman–Crippen LogP) is 1.98. The summed E-state index contributed by atoms with van der Waals surface area (Å²) in [5, 5.41) is 0. The second kappa shape index (κ2) is 9.37. The molecule has 0 saturated carbocycles. The Bertz CT molecular complexity index is 1050. The van der Waals surface area contributed by atoms with E-state index in [4.69, 9.17) is 14.5 Å². The summed E-state index contributed by atoms with van der Waals surface area (Å²) >= 11 is -1.52. The Morgan fingerprint density at radius 2 is 2.00 bits per heavy atom. The highest BCUT2D eigenvalue weighted by Crippen LogP contribution is 2.21. The molecule has 1 fully saturated rings. The van der Waals surface area contributed by atoms with Gasteiger partial charge >= 0.3 is 5.97 Å². The third kappa shape index (κ3) is 5.25. The van der Waals surface area contributed by atoms with Gasteiger partial charge in [0.25, 0.3) is 5.56 Å². The molecule has 0 bridgehead atoms. The number of esters is 1. The Labute approximate surface area is 184 Å². The first-order chi connectivity index (χ1) is 14.6. The standard InChI is InChI=1S/C21H28N4O5S/c1-6-30-20(27)15-11-16(14(2)23-31(28)21(3,4)5)19-22-17(12-18(26)25(19)13-15)24-7-9-29-10-8-24/h11-13H,6-10H2,1-5H3. The van der Waals surface area contributed by atoms with Gasteiger partial charge in [-0.2, -0.15) is 0 Å². The fourth-order valence-electron chi connectivity index (χ4n) is 3.05. The minimum atomic E-state index is -1.52. The Morgan fingerprint density at radius 1 is 1.32 bits per heavy atom. The average Bonchev–Trinajstić information content (AvgIpc) is 2.73. The van der Waals surface area contributed by atoms with E-state index in [0.717, 1.165) is 0 Å². The second-order valence-electron chi connectivity index (χ2n) is 8.15. The number of morpholine rings is 1. The summed E-state index contributed by atoms with van der Waals surface area (Å²) in [6.45, 7) is 11.5. The van der Waals surface area contributed by atoms with Gasteiger partial charge in [-0.25, -0.2) is 9.78 Å². The molecule has 0 spiro atoms.